The van der Waals surface area contributed by atoms with E-state index in [-0.39, 0.29) is 12.5 Å². The highest BCUT2D eigenvalue weighted by molar-refractivity contribution is 5.77. The van der Waals surface area contributed by atoms with E-state index in [2.05, 4.69) is 0 Å². The predicted molar refractivity (Wildman–Crippen MR) is 82.4 cm³/mol. The number of likely N-dealkylation sites (tertiary alicyclic amines) is 1. The molecule has 4 nitrogen and oxygen atoms in total. The SMILES string of the molecule is Cc1cc(C(C)O)ccc1OCC(=O)N1CCCCCC1. The molecule has 4 heteroatoms. The highest BCUT2D eigenvalue weighted by atomic mass is 16.5. The molecule has 1 amide bonds. The molecule has 2 rings (SSSR count). The number of hydrogen-bond donors (Lipinski definition) is 1. The smallest absolute Gasteiger partial charge is 0.260 e. The summed E-state index contributed by atoms with van der Waals surface area (Å²) in [6, 6.07) is 5.56. The molecule has 1 aliphatic rings. The van der Waals surface area contributed by atoms with Crippen molar-refractivity contribution < 1.29 is 14.6 Å². The van der Waals surface area contributed by atoms with Gasteiger partial charge < -0.3 is 14.7 Å². The number of rotatable bonds is 4. The fourth-order valence-corrected chi connectivity index (χ4v) is 2.65. The van der Waals surface area contributed by atoms with Gasteiger partial charge in [-0.2, -0.15) is 0 Å². The molecule has 0 aromatic heterocycles. The fourth-order valence-electron chi connectivity index (χ4n) is 2.65. The van der Waals surface area contributed by atoms with Crippen LogP contribution >= 0.6 is 0 Å². The molecular weight excluding hydrogens is 266 g/mol. The van der Waals surface area contributed by atoms with E-state index in [1.807, 2.05) is 30.0 Å². The average Bonchev–Trinajstić information content (AvgIpc) is 2.74. The summed E-state index contributed by atoms with van der Waals surface area (Å²) in [5.41, 5.74) is 1.80. The number of nitrogens with zero attached hydrogens (tertiary/aromatic N) is 1. The van der Waals surface area contributed by atoms with Gasteiger partial charge in [-0.3, -0.25) is 4.79 Å². The standard InChI is InChI=1S/C17H25NO3/c1-13-11-15(14(2)19)7-8-16(13)21-12-17(20)18-9-5-3-4-6-10-18/h7-8,11,14,19H,3-6,9-10,12H2,1-2H3. The minimum Gasteiger partial charge on any atom is -0.484 e. The zero-order valence-electron chi connectivity index (χ0n) is 13.0. The van der Waals surface area contributed by atoms with Crippen molar-refractivity contribution in [2.45, 2.75) is 45.6 Å². The van der Waals surface area contributed by atoms with Gasteiger partial charge in [0.2, 0.25) is 0 Å². The second kappa shape index (κ2) is 7.46. The van der Waals surface area contributed by atoms with Gasteiger partial charge in [0.1, 0.15) is 5.75 Å². The molecule has 1 saturated heterocycles. The summed E-state index contributed by atoms with van der Waals surface area (Å²) in [6.07, 6.45) is 4.12. The van der Waals surface area contributed by atoms with Crippen LogP contribution in [0.5, 0.6) is 5.75 Å². The predicted octanol–water partition coefficient (Wildman–Crippen LogP) is 2.83. The van der Waals surface area contributed by atoms with E-state index in [1.54, 1.807) is 6.92 Å². The summed E-state index contributed by atoms with van der Waals surface area (Å²) in [7, 11) is 0. The van der Waals surface area contributed by atoms with E-state index >= 15 is 0 Å². The monoisotopic (exact) mass is 291 g/mol. The molecular formula is C17H25NO3. The Morgan fingerprint density at radius 3 is 2.52 bits per heavy atom. The molecule has 1 aromatic carbocycles. The van der Waals surface area contributed by atoms with Crippen molar-refractivity contribution in [1.82, 2.24) is 4.90 Å². The van der Waals surface area contributed by atoms with Gasteiger partial charge in [-0.25, -0.2) is 0 Å². The van der Waals surface area contributed by atoms with Gasteiger partial charge in [-0.05, 0) is 49.9 Å². The first-order chi connectivity index (χ1) is 10.1. The van der Waals surface area contributed by atoms with Gasteiger partial charge in [0.25, 0.3) is 5.91 Å². The summed E-state index contributed by atoms with van der Waals surface area (Å²) < 4.78 is 5.65. The Balaban J connectivity index is 1.91. The normalized spacial score (nSPS) is 17.2. The Morgan fingerprint density at radius 2 is 1.95 bits per heavy atom. The number of benzene rings is 1. The van der Waals surface area contributed by atoms with E-state index < -0.39 is 6.10 Å². The van der Waals surface area contributed by atoms with Crippen molar-refractivity contribution >= 4 is 5.91 Å². The third-order valence-corrected chi connectivity index (χ3v) is 3.99. The summed E-state index contributed by atoms with van der Waals surface area (Å²) in [5.74, 6) is 0.776. The van der Waals surface area contributed by atoms with Gasteiger partial charge in [0, 0.05) is 13.1 Å². The number of aryl methyl sites for hydroxylation is 1. The number of hydrogen-bond acceptors (Lipinski definition) is 3. The van der Waals surface area contributed by atoms with Gasteiger partial charge in [-0.15, -0.1) is 0 Å². The lowest BCUT2D eigenvalue weighted by Crippen LogP contribution is -2.35. The Labute approximate surface area is 126 Å². The van der Waals surface area contributed by atoms with Gasteiger partial charge >= 0.3 is 0 Å². The molecule has 0 aliphatic carbocycles. The third kappa shape index (κ3) is 4.46. The van der Waals surface area contributed by atoms with Crippen LogP contribution in [0.15, 0.2) is 18.2 Å². The lowest BCUT2D eigenvalue weighted by molar-refractivity contribution is -0.133. The highest BCUT2D eigenvalue weighted by Crippen LogP contribution is 2.22. The second-order valence-electron chi connectivity index (χ2n) is 5.78. The first-order valence-corrected chi connectivity index (χ1v) is 7.77. The minimum atomic E-state index is -0.489. The Kier molecular flexibility index (Phi) is 5.62. The van der Waals surface area contributed by atoms with Crippen LogP contribution in [0.1, 0.15) is 49.8 Å². The minimum absolute atomic E-state index is 0.0657. The van der Waals surface area contributed by atoms with Crippen molar-refractivity contribution in [1.29, 1.82) is 0 Å². The van der Waals surface area contributed by atoms with Crippen LogP contribution in [0.2, 0.25) is 0 Å². The number of amides is 1. The number of ether oxygens (including phenoxy) is 1. The quantitative estimate of drug-likeness (QED) is 0.928. The highest BCUT2D eigenvalue weighted by Gasteiger charge is 2.16. The van der Waals surface area contributed by atoms with Crippen molar-refractivity contribution in [3.8, 4) is 5.75 Å². The van der Waals surface area contributed by atoms with E-state index in [4.69, 9.17) is 4.74 Å². The summed E-state index contributed by atoms with van der Waals surface area (Å²) in [4.78, 5) is 14.1. The van der Waals surface area contributed by atoms with Crippen molar-refractivity contribution in [2.24, 2.45) is 0 Å². The molecule has 1 fully saturated rings. The molecule has 0 bridgehead atoms. The lowest BCUT2D eigenvalue weighted by atomic mass is 10.1. The molecule has 116 valence electrons. The second-order valence-corrected chi connectivity index (χ2v) is 5.78. The zero-order chi connectivity index (χ0) is 15.2. The van der Waals surface area contributed by atoms with Crippen molar-refractivity contribution in [3.63, 3.8) is 0 Å². The van der Waals surface area contributed by atoms with E-state index in [0.717, 1.165) is 37.1 Å². The Morgan fingerprint density at radius 1 is 1.29 bits per heavy atom. The lowest BCUT2D eigenvalue weighted by Gasteiger charge is -2.20. The van der Waals surface area contributed by atoms with Gasteiger partial charge in [-0.1, -0.05) is 18.9 Å². The van der Waals surface area contributed by atoms with Gasteiger partial charge in [0.05, 0.1) is 6.10 Å². The number of carbonyl (C=O) groups is 1. The molecule has 0 saturated carbocycles. The van der Waals surface area contributed by atoms with Crippen LogP contribution in [0.25, 0.3) is 0 Å². The average molecular weight is 291 g/mol. The molecule has 21 heavy (non-hydrogen) atoms. The maximum atomic E-state index is 12.2. The maximum absolute atomic E-state index is 12.2. The number of carbonyl (C=O) groups excluding carboxylic acids is 1. The summed E-state index contributed by atoms with van der Waals surface area (Å²) >= 11 is 0. The van der Waals surface area contributed by atoms with Crippen molar-refractivity contribution in [2.75, 3.05) is 19.7 Å². The Bertz CT molecular complexity index is 477. The van der Waals surface area contributed by atoms with Gasteiger partial charge in [0.15, 0.2) is 6.61 Å². The van der Waals surface area contributed by atoms with Crippen LogP contribution in [-0.4, -0.2) is 35.6 Å². The van der Waals surface area contributed by atoms with Crippen LogP contribution in [0, 0.1) is 6.92 Å². The van der Waals surface area contributed by atoms with Crippen molar-refractivity contribution in [3.05, 3.63) is 29.3 Å². The molecule has 0 spiro atoms. The van der Waals surface area contributed by atoms with Crippen LogP contribution in [0.4, 0.5) is 0 Å². The molecule has 1 aromatic rings. The molecule has 1 unspecified atom stereocenters. The molecule has 0 radical (unpaired) electrons. The van der Waals surface area contributed by atoms with E-state index in [1.165, 1.54) is 12.8 Å². The Hall–Kier alpha value is -1.55. The molecule has 1 atom stereocenters. The summed E-state index contributed by atoms with van der Waals surface area (Å²) in [6.45, 7) is 5.45. The molecule has 1 aliphatic heterocycles. The topological polar surface area (TPSA) is 49.8 Å². The van der Waals surface area contributed by atoms with Crippen LogP contribution in [-0.2, 0) is 4.79 Å². The maximum Gasteiger partial charge on any atom is 0.260 e. The van der Waals surface area contributed by atoms with E-state index in [9.17, 15) is 9.90 Å². The largest absolute Gasteiger partial charge is 0.484 e. The van der Waals surface area contributed by atoms with E-state index in [0.29, 0.717) is 5.75 Å². The summed E-state index contributed by atoms with van der Waals surface area (Å²) in [5, 5.41) is 9.55. The number of aliphatic hydroxyl groups excluding tert-OH is 1. The number of aliphatic hydroxyl groups is 1. The fraction of sp³-hybridized carbons (Fsp3) is 0.588. The van der Waals surface area contributed by atoms with Crippen LogP contribution < -0.4 is 4.74 Å². The molecule has 1 N–H and O–H groups in total. The zero-order valence-corrected chi connectivity index (χ0v) is 13.0. The third-order valence-electron chi connectivity index (χ3n) is 3.99. The first-order valence-electron chi connectivity index (χ1n) is 7.77. The van der Waals surface area contributed by atoms with Crippen LogP contribution in [0.3, 0.4) is 0 Å². The molecule has 1 heterocycles. The first kappa shape index (κ1) is 15.8.